The molecule has 1 saturated heterocycles. The topological polar surface area (TPSA) is 23.6 Å². The van der Waals surface area contributed by atoms with Crippen LogP contribution in [0.3, 0.4) is 0 Å². The first-order valence-corrected chi connectivity index (χ1v) is 9.44. The van der Waals surface area contributed by atoms with Gasteiger partial charge in [-0.25, -0.2) is 0 Å². The molecule has 2 aromatic rings. The highest BCUT2D eigenvalue weighted by Gasteiger charge is 2.33. The minimum atomic E-state index is -4.53. The zero-order chi connectivity index (χ0) is 20.3. The van der Waals surface area contributed by atoms with Gasteiger partial charge in [0, 0.05) is 31.7 Å². The summed E-state index contributed by atoms with van der Waals surface area (Å²) in [5, 5.41) is -0.342. The lowest BCUT2D eigenvalue weighted by Gasteiger charge is -2.36. The maximum atomic E-state index is 13.1. The van der Waals surface area contributed by atoms with Gasteiger partial charge in [0.15, 0.2) is 0 Å². The number of carbonyl (C=O) groups excluding carboxylic acids is 1. The molecule has 0 radical (unpaired) electrons. The van der Waals surface area contributed by atoms with Crippen LogP contribution in [0.2, 0.25) is 5.02 Å². The van der Waals surface area contributed by atoms with E-state index in [1.165, 1.54) is 12.1 Å². The highest BCUT2D eigenvalue weighted by Crippen LogP contribution is 2.37. The molecule has 3 nitrogen and oxygen atoms in total. The fourth-order valence-electron chi connectivity index (χ4n) is 3.33. The number of halogens is 4. The van der Waals surface area contributed by atoms with E-state index in [9.17, 15) is 18.0 Å². The lowest BCUT2D eigenvalue weighted by molar-refractivity contribution is -0.137. The summed E-state index contributed by atoms with van der Waals surface area (Å²) < 4.78 is 39.4. The number of nitrogens with zero attached hydrogens (tertiary/aromatic N) is 2. The summed E-state index contributed by atoms with van der Waals surface area (Å²) in [7, 11) is 0. The first-order chi connectivity index (χ1) is 13.3. The molecule has 0 bridgehead atoms. The van der Waals surface area contributed by atoms with Gasteiger partial charge in [-0.15, -0.1) is 6.54 Å². The average molecular weight is 410 g/mol. The second-order valence-electron chi connectivity index (χ2n) is 6.77. The molecule has 2 aromatic carbocycles. The van der Waals surface area contributed by atoms with Crippen molar-refractivity contribution in [2.75, 3.05) is 32.7 Å². The third-order valence-electron chi connectivity index (χ3n) is 4.81. The molecular formula is C21H21ClF3N2O-. The number of rotatable bonds is 4. The van der Waals surface area contributed by atoms with E-state index in [-0.39, 0.29) is 10.9 Å². The van der Waals surface area contributed by atoms with Crippen LogP contribution in [0.1, 0.15) is 22.8 Å². The molecule has 0 atom stereocenters. The number of benzene rings is 2. The summed E-state index contributed by atoms with van der Waals surface area (Å²) in [6, 6.07) is 10.5. The predicted octanol–water partition coefficient (Wildman–Crippen LogP) is 5.01. The zero-order valence-electron chi connectivity index (χ0n) is 15.5. The molecule has 0 aliphatic carbocycles. The van der Waals surface area contributed by atoms with Crippen LogP contribution >= 0.6 is 11.6 Å². The number of hydrogen-bond acceptors (Lipinski definition) is 2. The third kappa shape index (κ3) is 4.67. The van der Waals surface area contributed by atoms with E-state index in [0.29, 0.717) is 29.8 Å². The first-order valence-electron chi connectivity index (χ1n) is 9.06. The highest BCUT2D eigenvalue weighted by molar-refractivity contribution is 6.31. The smallest absolute Gasteiger partial charge is 0.336 e. The molecule has 28 heavy (non-hydrogen) atoms. The maximum absolute atomic E-state index is 13.1. The van der Waals surface area contributed by atoms with Gasteiger partial charge >= 0.3 is 6.18 Å². The summed E-state index contributed by atoms with van der Waals surface area (Å²) >= 11 is 5.70. The van der Waals surface area contributed by atoms with Gasteiger partial charge in [0.1, 0.15) is 0 Å². The van der Waals surface area contributed by atoms with Crippen molar-refractivity contribution >= 4 is 17.5 Å². The first kappa shape index (κ1) is 20.7. The molecule has 1 aliphatic heterocycles. The standard InChI is InChI=1S/C21H21ClF3N2O/c1-2-8-26-9-11-27(12-10-26)20(28)17-5-3-4-15(13-17)16-6-7-19(22)18(14-16)21(23,24)25/h2-7,13-14H,8-12H2,1H3/q-1. The summed E-state index contributed by atoms with van der Waals surface area (Å²) in [5.74, 6) is -0.105. The Morgan fingerprint density at radius 3 is 2.39 bits per heavy atom. The van der Waals surface area contributed by atoms with Gasteiger partial charge in [-0.05, 0) is 35.4 Å². The van der Waals surface area contributed by atoms with Crippen LogP contribution in [0.25, 0.3) is 11.1 Å². The second-order valence-corrected chi connectivity index (χ2v) is 7.18. The van der Waals surface area contributed by atoms with Crippen molar-refractivity contribution in [2.45, 2.75) is 13.1 Å². The molecule has 0 unspecified atom stereocenters. The van der Waals surface area contributed by atoms with Gasteiger partial charge in [0.25, 0.3) is 5.91 Å². The van der Waals surface area contributed by atoms with E-state index < -0.39 is 11.7 Å². The second kappa shape index (κ2) is 8.53. The normalized spacial score (nSPS) is 15.7. The Morgan fingerprint density at radius 2 is 1.75 bits per heavy atom. The highest BCUT2D eigenvalue weighted by atomic mass is 35.5. The lowest BCUT2D eigenvalue weighted by Crippen LogP contribution is -2.48. The van der Waals surface area contributed by atoms with Gasteiger partial charge < -0.3 is 16.2 Å². The van der Waals surface area contributed by atoms with Crippen molar-refractivity contribution in [3.05, 3.63) is 65.0 Å². The molecule has 1 heterocycles. The molecule has 0 spiro atoms. The van der Waals surface area contributed by atoms with Crippen LogP contribution in [0.5, 0.6) is 0 Å². The van der Waals surface area contributed by atoms with Gasteiger partial charge in [-0.1, -0.05) is 29.8 Å². The summed E-state index contributed by atoms with van der Waals surface area (Å²) in [6.07, 6.45) is -2.45. The molecule has 7 heteroatoms. The maximum Gasteiger partial charge on any atom is 0.417 e. The van der Waals surface area contributed by atoms with Crippen LogP contribution in [0.4, 0.5) is 13.2 Å². The number of piperazine rings is 1. The summed E-state index contributed by atoms with van der Waals surface area (Å²) in [6.45, 7) is 5.79. The Labute approximate surface area is 167 Å². The van der Waals surface area contributed by atoms with Crippen molar-refractivity contribution in [1.82, 2.24) is 9.80 Å². The monoisotopic (exact) mass is 409 g/mol. The van der Waals surface area contributed by atoms with E-state index in [2.05, 4.69) is 11.3 Å². The molecule has 150 valence electrons. The predicted molar refractivity (Wildman–Crippen MR) is 104 cm³/mol. The molecule has 0 saturated carbocycles. The van der Waals surface area contributed by atoms with Crippen LogP contribution in [0.15, 0.2) is 42.5 Å². The van der Waals surface area contributed by atoms with Crippen LogP contribution in [0, 0.1) is 6.42 Å². The largest absolute Gasteiger partial charge is 0.417 e. The molecule has 0 aromatic heterocycles. The van der Waals surface area contributed by atoms with Crippen molar-refractivity contribution < 1.29 is 18.0 Å². The Bertz CT molecular complexity index is 846. The molecular weight excluding hydrogens is 389 g/mol. The summed E-state index contributed by atoms with van der Waals surface area (Å²) in [4.78, 5) is 16.9. The van der Waals surface area contributed by atoms with Gasteiger partial charge in [0.2, 0.25) is 0 Å². The molecule has 1 fully saturated rings. The van der Waals surface area contributed by atoms with Crippen molar-refractivity contribution in [3.8, 4) is 11.1 Å². The van der Waals surface area contributed by atoms with E-state index in [0.717, 1.165) is 25.7 Å². The zero-order valence-corrected chi connectivity index (χ0v) is 16.2. The Hall–Kier alpha value is -2.05. The van der Waals surface area contributed by atoms with Crippen molar-refractivity contribution in [3.63, 3.8) is 0 Å². The van der Waals surface area contributed by atoms with Gasteiger partial charge in [0.05, 0.1) is 10.6 Å². The minimum absolute atomic E-state index is 0.105. The van der Waals surface area contributed by atoms with Crippen LogP contribution in [-0.4, -0.2) is 48.4 Å². The van der Waals surface area contributed by atoms with Gasteiger partial charge in [-0.2, -0.15) is 20.1 Å². The molecule has 3 rings (SSSR count). The van der Waals surface area contributed by atoms with Crippen molar-refractivity contribution in [2.24, 2.45) is 0 Å². The fraction of sp³-hybridized carbons (Fsp3) is 0.333. The Balaban J connectivity index is 1.81. The lowest BCUT2D eigenvalue weighted by atomic mass is 10.00. The number of amides is 1. The SMILES string of the molecule is C[CH-]CN1CCN(C(=O)c2cccc(-c3ccc(Cl)c(C(F)(F)F)c3)c2)CC1. The Morgan fingerprint density at radius 1 is 1.07 bits per heavy atom. The quantitative estimate of drug-likeness (QED) is 0.663. The van der Waals surface area contributed by atoms with E-state index in [1.54, 1.807) is 29.2 Å². The van der Waals surface area contributed by atoms with E-state index in [1.807, 2.05) is 6.92 Å². The Kier molecular flexibility index (Phi) is 6.30. The van der Waals surface area contributed by atoms with Gasteiger partial charge in [-0.3, -0.25) is 4.79 Å². The molecule has 1 amide bonds. The molecule has 1 aliphatic rings. The fourth-order valence-corrected chi connectivity index (χ4v) is 3.55. The van der Waals surface area contributed by atoms with E-state index in [4.69, 9.17) is 11.6 Å². The van der Waals surface area contributed by atoms with Crippen LogP contribution in [-0.2, 0) is 6.18 Å². The number of hydrogen-bond donors (Lipinski definition) is 0. The number of alkyl halides is 3. The average Bonchev–Trinajstić information content (AvgIpc) is 2.68. The number of carbonyl (C=O) groups is 1. The third-order valence-corrected chi connectivity index (χ3v) is 5.14. The summed E-state index contributed by atoms with van der Waals surface area (Å²) in [5.41, 5.74) is 0.505. The van der Waals surface area contributed by atoms with E-state index >= 15 is 0 Å². The van der Waals surface area contributed by atoms with Crippen molar-refractivity contribution in [1.29, 1.82) is 0 Å². The minimum Gasteiger partial charge on any atom is -0.336 e. The molecule has 0 N–H and O–H groups in total. The van der Waals surface area contributed by atoms with Crippen LogP contribution < -0.4 is 0 Å².